The third-order valence-corrected chi connectivity index (χ3v) is 5.58. The molecule has 1 saturated carbocycles. The lowest BCUT2D eigenvalue weighted by Gasteiger charge is -2.22. The Morgan fingerprint density at radius 3 is 2.71 bits per heavy atom. The third-order valence-electron chi connectivity index (χ3n) is 4.29. The fraction of sp³-hybridized carbons (Fsp3) is 0.611. The predicted molar refractivity (Wildman–Crippen MR) is 121 cm³/mol. The minimum absolute atomic E-state index is 0. The third kappa shape index (κ3) is 8.91. The number of rotatable bonds is 10. The average molecular weight is 528 g/mol. The van der Waals surface area contributed by atoms with Gasteiger partial charge in [-0.25, -0.2) is 12.8 Å². The maximum absolute atomic E-state index is 13.5. The minimum atomic E-state index is -3.59. The summed E-state index contributed by atoms with van der Waals surface area (Å²) in [5.41, 5.74) is 0.681. The van der Waals surface area contributed by atoms with E-state index in [-0.39, 0.29) is 42.0 Å². The first kappa shape index (κ1) is 24.9. The quantitative estimate of drug-likeness (QED) is 0.211. The highest BCUT2D eigenvalue weighted by atomic mass is 127. The molecule has 2 N–H and O–H groups in total. The summed E-state index contributed by atoms with van der Waals surface area (Å²) in [7, 11) is -0.0775. The van der Waals surface area contributed by atoms with Gasteiger partial charge in [0.15, 0.2) is 5.96 Å². The van der Waals surface area contributed by atoms with Crippen LogP contribution >= 0.6 is 24.0 Å². The number of sulfonamides is 1. The predicted octanol–water partition coefficient (Wildman–Crippen LogP) is 2.43. The molecule has 0 aliphatic heterocycles. The molecule has 7 nitrogen and oxygen atoms in total. The van der Waals surface area contributed by atoms with E-state index in [2.05, 4.69) is 15.0 Å². The molecule has 0 aromatic heterocycles. The zero-order valence-electron chi connectivity index (χ0n) is 16.6. The second-order valence-corrected chi connectivity index (χ2v) is 8.64. The monoisotopic (exact) mass is 528 g/mol. The Hall–Kier alpha value is -1.14. The molecule has 0 bridgehead atoms. The van der Waals surface area contributed by atoms with Crippen LogP contribution in [0.25, 0.3) is 0 Å². The van der Waals surface area contributed by atoms with Gasteiger partial charge in [0.25, 0.3) is 0 Å². The first-order chi connectivity index (χ1) is 12.8. The second-order valence-electron chi connectivity index (χ2n) is 6.80. The van der Waals surface area contributed by atoms with Gasteiger partial charge in [-0.15, -0.1) is 24.0 Å². The molecular weight excluding hydrogens is 498 g/mol. The van der Waals surface area contributed by atoms with Gasteiger partial charge < -0.3 is 15.0 Å². The molecule has 1 fully saturated rings. The number of anilines is 1. The summed E-state index contributed by atoms with van der Waals surface area (Å²) in [5.74, 6) is 0.724. The topological polar surface area (TPSA) is 83.0 Å². The lowest BCUT2D eigenvalue weighted by Crippen LogP contribution is -2.42. The molecular formula is C18H30FIN4O3S. The lowest BCUT2D eigenvalue weighted by atomic mass is 10.2. The smallest absolute Gasteiger partial charge is 0.234 e. The van der Waals surface area contributed by atoms with Crippen LogP contribution in [-0.4, -0.2) is 65.4 Å². The first-order valence-electron chi connectivity index (χ1n) is 9.07. The van der Waals surface area contributed by atoms with Crippen LogP contribution in [0.4, 0.5) is 10.1 Å². The summed E-state index contributed by atoms with van der Waals surface area (Å²) < 4.78 is 45.9. The van der Waals surface area contributed by atoms with Crippen LogP contribution in [0.2, 0.25) is 0 Å². The molecule has 10 heteroatoms. The van der Waals surface area contributed by atoms with Crippen LogP contribution in [0.5, 0.6) is 0 Å². The molecule has 0 unspecified atom stereocenters. The van der Waals surface area contributed by atoms with Crippen molar-refractivity contribution in [3.63, 3.8) is 0 Å². The van der Waals surface area contributed by atoms with Crippen molar-refractivity contribution in [2.24, 2.45) is 10.9 Å². The summed E-state index contributed by atoms with van der Waals surface area (Å²) in [6, 6.07) is 4.25. The fourth-order valence-electron chi connectivity index (χ4n) is 2.41. The molecule has 0 heterocycles. The minimum Gasteiger partial charge on any atom is -0.379 e. The van der Waals surface area contributed by atoms with E-state index in [4.69, 9.17) is 4.74 Å². The fourth-order valence-corrected chi connectivity index (χ4v) is 3.37. The number of hydrogen-bond donors (Lipinski definition) is 2. The zero-order chi connectivity index (χ0) is 19.9. The van der Waals surface area contributed by atoms with Gasteiger partial charge in [-0.2, -0.15) is 0 Å². The molecule has 0 atom stereocenters. The number of hydrogen-bond acceptors (Lipinski definition) is 4. The summed E-state index contributed by atoms with van der Waals surface area (Å²) in [4.78, 5) is 6.04. The van der Waals surface area contributed by atoms with Gasteiger partial charge in [0, 0.05) is 33.8 Å². The van der Waals surface area contributed by atoms with E-state index in [0.29, 0.717) is 24.7 Å². The average Bonchev–Trinajstić information content (AvgIpc) is 3.43. The molecule has 160 valence electrons. The van der Waals surface area contributed by atoms with Crippen molar-refractivity contribution in [1.29, 1.82) is 0 Å². The van der Waals surface area contributed by atoms with E-state index < -0.39 is 15.8 Å². The van der Waals surface area contributed by atoms with Gasteiger partial charge in [-0.05, 0) is 43.4 Å². The van der Waals surface area contributed by atoms with Crippen molar-refractivity contribution in [2.45, 2.75) is 19.8 Å². The van der Waals surface area contributed by atoms with Crippen LogP contribution in [0.3, 0.4) is 0 Å². The van der Waals surface area contributed by atoms with Crippen molar-refractivity contribution in [1.82, 2.24) is 10.2 Å². The van der Waals surface area contributed by atoms with E-state index in [1.807, 2.05) is 11.9 Å². The molecule has 1 aromatic carbocycles. The molecule has 1 aliphatic carbocycles. The first-order valence-corrected chi connectivity index (χ1v) is 10.7. The summed E-state index contributed by atoms with van der Waals surface area (Å²) in [5, 5.41) is 3.02. The summed E-state index contributed by atoms with van der Waals surface area (Å²) in [6.45, 7) is 3.89. The van der Waals surface area contributed by atoms with Crippen LogP contribution in [0.15, 0.2) is 23.2 Å². The van der Waals surface area contributed by atoms with Crippen LogP contribution in [-0.2, 0) is 14.8 Å². The van der Waals surface area contributed by atoms with E-state index >= 15 is 0 Å². The summed E-state index contributed by atoms with van der Waals surface area (Å²) >= 11 is 0. The van der Waals surface area contributed by atoms with Gasteiger partial charge >= 0.3 is 0 Å². The van der Waals surface area contributed by atoms with E-state index in [0.717, 1.165) is 12.5 Å². The van der Waals surface area contributed by atoms with Crippen LogP contribution in [0, 0.1) is 18.7 Å². The normalized spacial score (nSPS) is 14.4. The number of likely N-dealkylation sites (N-methyl/N-ethyl adjacent to an activating group) is 1. The van der Waals surface area contributed by atoms with E-state index in [1.54, 1.807) is 14.0 Å². The molecule has 0 saturated heterocycles. The molecule has 2 rings (SSSR count). The standard InChI is InChI=1S/C18H29FN4O3S.HI/c1-14-4-7-16(12-17(14)19)22-27(24,25)11-8-21-18(20-2)23(3)9-10-26-13-15-5-6-15;/h4,7,12,15,22H,5-6,8-11,13H2,1-3H3,(H,20,21);1H. The molecule has 1 aliphatic rings. The van der Waals surface area contributed by atoms with Crippen molar-refractivity contribution < 1.29 is 17.5 Å². The highest BCUT2D eigenvalue weighted by Gasteiger charge is 2.21. The van der Waals surface area contributed by atoms with Crippen LogP contribution < -0.4 is 10.0 Å². The van der Waals surface area contributed by atoms with Gasteiger partial charge in [0.05, 0.1) is 18.0 Å². The highest BCUT2D eigenvalue weighted by Crippen LogP contribution is 2.28. The molecule has 1 aromatic rings. The zero-order valence-corrected chi connectivity index (χ0v) is 19.7. The van der Waals surface area contributed by atoms with E-state index in [1.165, 1.54) is 31.0 Å². The number of aryl methyl sites for hydroxylation is 1. The molecule has 0 amide bonds. The van der Waals surface area contributed by atoms with Crippen LogP contribution in [0.1, 0.15) is 18.4 Å². The number of benzene rings is 1. The maximum atomic E-state index is 13.5. The lowest BCUT2D eigenvalue weighted by molar-refractivity contribution is 0.115. The molecule has 0 radical (unpaired) electrons. The SMILES string of the molecule is CN=C(NCCS(=O)(=O)Nc1ccc(C)c(F)c1)N(C)CCOCC1CC1.I. The number of nitrogens with zero attached hydrogens (tertiary/aromatic N) is 2. The Morgan fingerprint density at radius 1 is 1.39 bits per heavy atom. The Morgan fingerprint density at radius 2 is 2.11 bits per heavy atom. The molecule has 28 heavy (non-hydrogen) atoms. The van der Waals surface area contributed by atoms with Crippen molar-refractivity contribution in [3.8, 4) is 0 Å². The summed E-state index contributed by atoms with van der Waals surface area (Å²) in [6.07, 6.45) is 2.52. The Bertz CT molecular complexity index is 757. The van der Waals surface area contributed by atoms with Gasteiger partial charge in [0.2, 0.25) is 10.0 Å². The molecule has 0 spiro atoms. The van der Waals surface area contributed by atoms with Crippen molar-refractivity contribution in [2.75, 3.05) is 50.9 Å². The van der Waals surface area contributed by atoms with Crippen molar-refractivity contribution >= 4 is 45.6 Å². The Labute approximate surface area is 184 Å². The number of halogens is 2. The number of nitrogens with one attached hydrogen (secondary N) is 2. The Kier molecular flexibility index (Phi) is 10.5. The van der Waals surface area contributed by atoms with Gasteiger partial charge in [0.1, 0.15) is 5.82 Å². The second kappa shape index (κ2) is 11.8. The largest absolute Gasteiger partial charge is 0.379 e. The maximum Gasteiger partial charge on any atom is 0.234 e. The van der Waals surface area contributed by atoms with Gasteiger partial charge in [-0.3, -0.25) is 9.71 Å². The number of guanidine groups is 1. The Balaban J connectivity index is 0.00000392. The number of ether oxygens (including phenoxy) is 1. The highest BCUT2D eigenvalue weighted by molar-refractivity contribution is 14.0. The van der Waals surface area contributed by atoms with Crippen molar-refractivity contribution in [3.05, 3.63) is 29.6 Å². The van der Waals surface area contributed by atoms with Gasteiger partial charge in [-0.1, -0.05) is 6.07 Å². The number of aliphatic imine (C=N–C) groups is 1. The van der Waals surface area contributed by atoms with E-state index in [9.17, 15) is 12.8 Å².